The molecule has 0 bridgehead atoms. The molecule has 38 heavy (non-hydrogen) atoms. The molecule has 2 aliphatic rings. The molecule has 1 saturated heterocycles. The molecule has 2 amide bonds. The van der Waals surface area contributed by atoms with E-state index in [0.29, 0.717) is 73.3 Å². The van der Waals surface area contributed by atoms with Gasteiger partial charge in [0, 0.05) is 58.0 Å². The number of nitrogens with one attached hydrogen (secondary N) is 2. The highest BCUT2D eigenvalue weighted by Crippen LogP contribution is 2.37. The monoisotopic (exact) mass is 523 g/mol. The van der Waals surface area contributed by atoms with Crippen LogP contribution in [0.25, 0.3) is 11.0 Å². The zero-order chi connectivity index (χ0) is 26.8. The van der Waals surface area contributed by atoms with Crippen LogP contribution in [0.1, 0.15) is 74.4 Å². The van der Waals surface area contributed by atoms with Crippen molar-refractivity contribution in [2.45, 2.75) is 65.6 Å². The molecule has 2 N–H and O–H groups in total. The van der Waals surface area contributed by atoms with Gasteiger partial charge in [0.1, 0.15) is 17.0 Å². The minimum Gasteiger partial charge on any atom is -0.340 e. The van der Waals surface area contributed by atoms with E-state index in [9.17, 15) is 9.59 Å². The molecule has 2 fully saturated rings. The van der Waals surface area contributed by atoms with Gasteiger partial charge in [-0.2, -0.15) is 5.10 Å². The first-order valence-electron chi connectivity index (χ1n) is 13.8. The first-order chi connectivity index (χ1) is 18.3. The molecule has 3 heterocycles. The maximum absolute atomic E-state index is 15.7. The highest BCUT2D eigenvalue weighted by molar-refractivity contribution is 5.92. The van der Waals surface area contributed by atoms with E-state index in [0.717, 1.165) is 25.7 Å². The number of aromatic nitrogens is 4. The maximum atomic E-state index is 15.7. The van der Waals surface area contributed by atoms with Gasteiger partial charge >= 0.3 is 0 Å². The molecule has 1 aliphatic carbocycles. The lowest BCUT2D eigenvalue weighted by molar-refractivity contribution is -0.130. The third-order valence-electron chi connectivity index (χ3n) is 8.26. The van der Waals surface area contributed by atoms with Crippen LogP contribution in [0.4, 0.5) is 4.39 Å². The third-order valence-corrected chi connectivity index (χ3v) is 8.26. The van der Waals surface area contributed by atoms with Crippen molar-refractivity contribution < 1.29 is 14.0 Å². The number of hydrogen-bond donors (Lipinski definition) is 2. The van der Waals surface area contributed by atoms with Gasteiger partial charge in [0.05, 0.1) is 11.6 Å². The van der Waals surface area contributed by atoms with Crippen LogP contribution in [0.5, 0.6) is 0 Å². The Morgan fingerprint density at radius 1 is 1.13 bits per heavy atom. The van der Waals surface area contributed by atoms with E-state index in [1.54, 1.807) is 23.9 Å². The van der Waals surface area contributed by atoms with E-state index < -0.39 is 0 Å². The minimum atomic E-state index is -0.342. The van der Waals surface area contributed by atoms with Gasteiger partial charge in [-0.3, -0.25) is 19.2 Å². The summed E-state index contributed by atoms with van der Waals surface area (Å²) in [6.45, 7) is 9.61. The van der Waals surface area contributed by atoms with E-state index in [1.807, 2.05) is 24.0 Å². The summed E-state index contributed by atoms with van der Waals surface area (Å²) in [5, 5.41) is 7.45. The zero-order valence-corrected chi connectivity index (χ0v) is 22.5. The smallest absolute Gasteiger partial charge is 0.270 e. The SMILES string of the molecule is CCn1nccc1C(=O)N[C@H](c1nc2c(F)c(CN3CCN(C(C)=O)CC3)ccc2[nH]1)C1CCC(C)CC1. The van der Waals surface area contributed by atoms with Crippen LogP contribution in [0.3, 0.4) is 0 Å². The molecule has 1 atom stereocenters. The van der Waals surface area contributed by atoms with E-state index in [4.69, 9.17) is 4.98 Å². The highest BCUT2D eigenvalue weighted by atomic mass is 19.1. The molecule has 1 aliphatic heterocycles. The predicted molar refractivity (Wildman–Crippen MR) is 143 cm³/mol. The van der Waals surface area contributed by atoms with Crippen molar-refractivity contribution in [3.63, 3.8) is 0 Å². The first kappa shape index (κ1) is 26.3. The second-order valence-corrected chi connectivity index (χ2v) is 10.8. The van der Waals surface area contributed by atoms with Crippen LogP contribution in [0.15, 0.2) is 24.4 Å². The van der Waals surface area contributed by atoms with Crippen LogP contribution in [-0.2, 0) is 17.9 Å². The van der Waals surface area contributed by atoms with E-state index >= 15 is 4.39 Å². The summed E-state index contributed by atoms with van der Waals surface area (Å²) in [5.41, 5.74) is 2.04. The van der Waals surface area contributed by atoms with Gasteiger partial charge in [-0.05, 0) is 43.7 Å². The molecule has 0 spiro atoms. The van der Waals surface area contributed by atoms with Crippen LogP contribution in [0, 0.1) is 17.7 Å². The number of hydrogen-bond acceptors (Lipinski definition) is 5. The molecule has 2 aromatic heterocycles. The van der Waals surface area contributed by atoms with Gasteiger partial charge < -0.3 is 15.2 Å². The molecule has 204 valence electrons. The lowest BCUT2D eigenvalue weighted by Crippen LogP contribution is -2.47. The number of aromatic amines is 1. The maximum Gasteiger partial charge on any atom is 0.270 e. The van der Waals surface area contributed by atoms with Gasteiger partial charge in [-0.25, -0.2) is 9.37 Å². The third kappa shape index (κ3) is 5.45. The minimum absolute atomic E-state index is 0.0783. The molecule has 0 unspecified atom stereocenters. The fraction of sp³-hybridized carbons (Fsp3) is 0.571. The summed E-state index contributed by atoms with van der Waals surface area (Å²) in [7, 11) is 0. The highest BCUT2D eigenvalue weighted by Gasteiger charge is 2.32. The molecule has 10 heteroatoms. The Morgan fingerprint density at radius 3 is 2.55 bits per heavy atom. The molecule has 0 radical (unpaired) electrons. The van der Waals surface area contributed by atoms with Crippen molar-refractivity contribution in [1.29, 1.82) is 0 Å². The Hall–Kier alpha value is -3.27. The summed E-state index contributed by atoms with van der Waals surface area (Å²) >= 11 is 0. The molecule has 5 rings (SSSR count). The molecular formula is C28H38FN7O2. The number of aryl methyl sites for hydroxylation is 1. The van der Waals surface area contributed by atoms with Gasteiger partial charge in [0.15, 0.2) is 5.82 Å². The van der Waals surface area contributed by atoms with Crippen molar-refractivity contribution in [3.8, 4) is 0 Å². The quantitative estimate of drug-likeness (QED) is 0.490. The number of H-pyrrole nitrogens is 1. The van der Waals surface area contributed by atoms with Crippen molar-refractivity contribution in [1.82, 2.24) is 34.9 Å². The lowest BCUT2D eigenvalue weighted by Gasteiger charge is -2.34. The summed E-state index contributed by atoms with van der Waals surface area (Å²) in [4.78, 5) is 37.0. The molecule has 1 aromatic carbocycles. The van der Waals surface area contributed by atoms with Gasteiger partial charge in [-0.15, -0.1) is 0 Å². The molecule has 3 aromatic rings. The molecular weight excluding hydrogens is 485 g/mol. The second kappa shape index (κ2) is 11.2. The number of benzene rings is 1. The van der Waals surface area contributed by atoms with Crippen molar-refractivity contribution in [2.75, 3.05) is 26.2 Å². The number of halogens is 1. The summed E-state index contributed by atoms with van der Waals surface area (Å²) in [6, 6.07) is 5.07. The largest absolute Gasteiger partial charge is 0.340 e. The van der Waals surface area contributed by atoms with Gasteiger partial charge in [0.2, 0.25) is 5.91 Å². The number of carbonyl (C=O) groups is 2. The fourth-order valence-electron chi connectivity index (χ4n) is 5.86. The van der Waals surface area contributed by atoms with E-state index in [2.05, 4.69) is 27.2 Å². The van der Waals surface area contributed by atoms with Crippen LogP contribution in [0.2, 0.25) is 0 Å². The Labute approximate surface area is 222 Å². The predicted octanol–water partition coefficient (Wildman–Crippen LogP) is 3.88. The Morgan fingerprint density at radius 2 is 1.87 bits per heavy atom. The van der Waals surface area contributed by atoms with Crippen molar-refractivity contribution >= 4 is 22.8 Å². The zero-order valence-electron chi connectivity index (χ0n) is 22.5. The Kier molecular flexibility index (Phi) is 7.78. The van der Waals surface area contributed by atoms with Crippen LogP contribution < -0.4 is 5.32 Å². The number of nitrogens with zero attached hydrogens (tertiary/aromatic N) is 5. The molecule has 1 saturated carbocycles. The number of piperazine rings is 1. The number of amides is 2. The van der Waals surface area contributed by atoms with Crippen molar-refractivity contribution in [3.05, 3.63) is 47.3 Å². The van der Waals surface area contributed by atoms with E-state index in [-0.39, 0.29) is 29.6 Å². The van der Waals surface area contributed by atoms with E-state index in [1.165, 1.54) is 0 Å². The molecule has 9 nitrogen and oxygen atoms in total. The number of rotatable bonds is 7. The summed E-state index contributed by atoms with van der Waals surface area (Å²) < 4.78 is 17.4. The first-order valence-corrected chi connectivity index (χ1v) is 13.8. The summed E-state index contributed by atoms with van der Waals surface area (Å²) in [5.74, 6) is 1.03. The Balaban J connectivity index is 1.39. The number of imidazole rings is 1. The normalized spacial score (nSPS) is 21.5. The lowest BCUT2D eigenvalue weighted by atomic mass is 9.79. The van der Waals surface area contributed by atoms with Gasteiger partial charge in [0.25, 0.3) is 5.91 Å². The average molecular weight is 524 g/mol. The van der Waals surface area contributed by atoms with Crippen LogP contribution >= 0.6 is 0 Å². The number of fused-ring (bicyclic) bond motifs is 1. The standard InChI is InChI=1S/C28H38FN7O2/c1-4-36-23(11-12-30-36)28(38)33-25(20-7-5-18(2)6-8-20)27-31-22-10-9-21(24(29)26(22)32-27)17-34-13-15-35(16-14-34)19(3)37/h9-12,18,20,25H,4-8,13-17H2,1-3H3,(H,31,32)(H,33,38)/t18?,20?,25-/m0/s1. The topological polar surface area (TPSA) is 99.2 Å². The van der Waals surface area contributed by atoms with Crippen LogP contribution in [-0.4, -0.2) is 67.5 Å². The average Bonchev–Trinajstić information content (AvgIpc) is 3.57. The van der Waals surface area contributed by atoms with Gasteiger partial charge in [-0.1, -0.05) is 25.8 Å². The number of carbonyl (C=O) groups excluding carboxylic acids is 2. The van der Waals surface area contributed by atoms with Crippen molar-refractivity contribution in [2.24, 2.45) is 11.8 Å². The Bertz CT molecular complexity index is 1290. The fourth-order valence-corrected chi connectivity index (χ4v) is 5.86. The second-order valence-electron chi connectivity index (χ2n) is 10.8. The summed E-state index contributed by atoms with van der Waals surface area (Å²) in [6.07, 6.45) is 5.79.